The van der Waals surface area contributed by atoms with Crippen LogP contribution in [0.3, 0.4) is 0 Å². The number of nitrogens with one attached hydrogen (secondary N) is 1. The second-order valence-electron chi connectivity index (χ2n) is 5.94. The van der Waals surface area contributed by atoms with E-state index in [2.05, 4.69) is 84.0 Å². The highest BCUT2D eigenvalue weighted by atomic mass is 32.1. The number of thiazole rings is 1. The maximum absolute atomic E-state index is 4.52. The zero-order valence-electron chi connectivity index (χ0n) is 13.5. The van der Waals surface area contributed by atoms with Gasteiger partial charge >= 0.3 is 0 Å². The van der Waals surface area contributed by atoms with Crippen molar-refractivity contribution in [3.63, 3.8) is 0 Å². The molecule has 0 radical (unpaired) electrons. The van der Waals surface area contributed by atoms with E-state index in [9.17, 15) is 0 Å². The van der Waals surface area contributed by atoms with Crippen LogP contribution in [-0.4, -0.2) is 4.98 Å². The van der Waals surface area contributed by atoms with Gasteiger partial charge in [-0.3, -0.25) is 0 Å². The standard InChI is InChI=1S/C21H18N2S/c1-15-6-4-10-18(12-15)23-21-22-14-19(24-21)13-17-9-5-8-16-7-2-3-11-20(16)17/h2-12,14H,13H2,1H3,(H,22,23). The Morgan fingerprint density at radius 3 is 2.71 bits per heavy atom. The summed E-state index contributed by atoms with van der Waals surface area (Å²) in [4.78, 5) is 5.79. The minimum atomic E-state index is 0.911. The summed E-state index contributed by atoms with van der Waals surface area (Å²) in [6.07, 6.45) is 2.89. The summed E-state index contributed by atoms with van der Waals surface area (Å²) < 4.78 is 0. The molecule has 3 heteroatoms. The summed E-state index contributed by atoms with van der Waals surface area (Å²) in [5.74, 6) is 0. The Labute approximate surface area is 145 Å². The van der Waals surface area contributed by atoms with Crippen molar-refractivity contribution in [2.24, 2.45) is 0 Å². The van der Waals surface area contributed by atoms with Gasteiger partial charge in [-0.2, -0.15) is 0 Å². The first-order valence-electron chi connectivity index (χ1n) is 8.03. The fourth-order valence-electron chi connectivity index (χ4n) is 2.93. The number of rotatable bonds is 4. The first-order chi connectivity index (χ1) is 11.8. The van der Waals surface area contributed by atoms with Crippen LogP contribution in [0.4, 0.5) is 10.8 Å². The van der Waals surface area contributed by atoms with E-state index in [1.807, 2.05) is 6.20 Å². The molecule has 0 unspecified atom stereocenters. The number of anilines is 2. The minimum absolute atomic E-state index is 0.911. The van der Waals surface area contributed by atoms with Gasteiger partial charge in [0.2, 0.25) is 0 Å². The minimum Gasteiger partial charge on any atom is -0.332 e. The van der Waals surface area contributed by atoms with E-state index < -0.39 is 0 Å². The molecule has 0 aliphatic carbocycles. The molecule has 0 amide bonds. The zero-order valence-corrected chi connectivity index (χ0v) is 14.3. The SMILES string of the molecule is Cc1cccc(Nc2ncc(Cc3cccc4ccccc34)s2)c1. The lowest BCUT2D eigenvalue weighted by molar-refractivity contribution is 1.24. The molecule has 1 heterocycles. The fourth-order valence-corrected chi connectivity index (χ4v) is 3.78. The lowest BCUT2D eigenvalue weighted by Gasteiger charge is -2.05. The molecule has 4 rings (SSSR count). The van der Waals surface area contributed by atoms with E-state index in [0.717, 1.165) is 17.2 Å². The van der Waals surface area contributed by atoms with Gasteiger partial charge in [-0.25, -0.2) is 4.98 Å². The molecule has 3 aromatic carbocycles. The second-order valence-corrected chi connectivity index (χ2v) is 7.06. The quantitative estimate of drug-likeness (QED) is 0.501. The predicted octanol–water partition coefficient (Wildman–Crippen LogP) is 5.94. The van der Waals surface area contributed by atoms with Crippen molar-refractivity contribution in [2.45, 2.75) is 13.3 Å². The number of fused-ring (bicyclic) bond motifs is 1. The molecule has 1 N–H and O–H groups in total. The van der Waals surface area contributed by atoms with Crippen LogP contribution in [0.1, 0.15) is 16.0 Å². The third-order valence-corrected chi connectivity index (χ3v) is 4.98. The average molecular weight is 330 g/mol. The van der Waals surface area contributed by atoms with Gasteiger partial charge in [-0.1, -0.05) is 54.6 Å². The molecule has 0 atom stereocenters. The van der Waals surface area contributed by atoms with Crippen LogP contribution in [0.15, 0.2) is 72.9 Å². The molecule has 0 aliphatic heterocycles. The Morgan fingerprint density at radius 2 is 1.79 bits per heavy atom. The highest BCUT2D eigenvalue weighted by Crippen LogP contribution is 2.27. The van der Waals surface area contributed by atoms with Crippen molar-refractivity contribution in [1.29, 1.82) is 0 Å². The number of aromatic nitrogens is 1. The summed E-state index contributed by atoms with van der Waals surface area (Å²) in [6.45, 7) is 2.10. The molecular weight excluding hydrogens is 312 g/mol. The predicted molar refractivity (Wildman–Crippen MR) is 103 cm³/mol. The number of nitrogens with zero attached hydrogens (tertiary/aromatic N) is 1. The van der Waals surface area contributed by atoms with Gasteiger partial charge < -0.3 is 5.32 Å². The Hall–Kier alpha value is -2.65. The molecular formula is C21H18N2S. The maximum Gasteiger partial charge on any atom is 0.187 e. The molecule has 0 aliphatic rings. The summed E-state index contributed by atoms with van der Waals surface area (Å²) in [5.41, 5.74) is 3.67. The normalized spacial score (nSPS) is 10.9. The lowest BCUT2D eigenvalue weighted by atomic mass is 10.0. The van der Waals surface area contributed by atoms with Crippen LogP contribution in [-0.2, 0) is 6.42 Å². The van der Waals surface area contributed by atoms with Crippen LogP contribution in [0.25, 0.3) is 10.8 Å². The van der Waals surface area contributed by atoms with Gasteiger partial charge in [0.1, 0.15) is 0 Å². The van der Waals surface area contributed by atoms with Gasteiger partial charge in [0.05, 0.1) is 0 Å². The largest absolute Gasteiger partial charge is 0.332 e. The first-order valence-corrected chi connectivity index (χ1v) is 8.85. The summed E-state index contributed by atoms with van der Waals surface area (Å²) in [6, 6.07) is 23.4. The van der Waals surface area contributed by atoms with Crippen molar-refractivity contribution in [1.82, 2.24) is 4.98 Å². The van der Waals surface area contributed by atoms with Crippen molar-refractivity contribution in [3.8, 4) is 0 Å². The molecule has 4 aromatic rings. The van der Waals surface area contributed by atoms with Gasteiger partial charge in [0.15, 0.2) is 5.13 Å². The molecule has 0 saturated carbocycles. The van der Waals surface area contributed by atoms with E-state index >= 15 is 0 Å². The Morgan fingerprint density at radius 1 is 0.958 bits per heavy atom. The van der Waals surface area contributed by atoms with Crippen LogP contribution >= 0.6 is 11.3 Å². The van der Waals surface area contributed by atoms with Gasteiger partial charge in [-0.15, -0.1) is 11.3 Å². The van der Waals surface area contributed by atoms with Crippen LogP contribution in [0.5, 0.6) is 0 Å². The third kappa shape index (κ3) is 3.17. The van der Waals surface area contributed by atoms with E-state index in [0.29, 0.717) is 0 Å². The monoisotopic (exact) mass is 330 g/mol. The molecule has 0 saturated heterocycles. The number of hydrogen-bond donors (Lipinski definition) is 1. The van der Waals surface area contributed by atoms with Crippen LogP contribution in [0, 0.1) is 6.92 Å². The van der Waals surface area contributed by atoms with Gasteiger partial charge in [0.25, 0.3) is 0 Å². The van der Waals surface area contributed by atoms with E-state index in [-0.39, 0.29) is 0 Å². The molecule has 118 valence electrons. The van der Waals surface area contributed by atoms with Crippen molar-refractivity contribution < 1.29 is 0 Å². The van der Waals surface area contributed by atoms with Crippen LogP contribution in [0.2, 0.25) is 0 Å². The highest BCUT2D eigenvalue weighted by molar-refractivity contribution is 7.15. The first kappa shape index (κ1) is 14.9. The summed E-state index contributed by atoms with van der Waals surface area (Å²) >= 11 is 1.71. The Balaban J connectivity index is 1.57. The van der Waals surface area contributed by atoms with Crippen LogP contribution < -0.4 is 5.32 Å². The number of benzene rings is 3. The Bertz CT molecular complexity index is 982. The second kappa shape index (κ2) is 6.46. The third-order valence-electron chi connectivity index (χ3n) is 4.07. The average Bonchev–Trinajstić information content (AvgIpc) is 3.02. The fraction of sp³-hybridized carbons (Fsp3) is 0.0952. The molecule has 2 nitrogen and oxygen atoms in total. The molecule has 0 fully saturated rings. The summed E-state index contributed by atoms with van der Waals surface area (Å²) in [5, 5.41) is 6.95. The number of hydrogen-bond acceptors (Lipinski definition) is 3. The smallest absolute Gasteiger partial charge is 0.187 e. The lowest BCUT2D eigenvalue weighted by Crippen LogP contribution is -1.88. The van der Waals surface area contributed by atoms with Crippen molar-refractivity contribution >= 4 is 32.9 Å². The number of aryl methyl sites for hydroxylation is 1. The molecule has 1 aromatic heterocycles. The van der Waals surface area contributed by atoms with Crippen molar-refractivity contribution in [3.05, 3.63) is 88.9 Å². The summed E-state index contributed by atoms with van der Waals surface area (Å²) in [7, 11) is 0. The van der Waals surface area contributed by atoms with Crippen molar-refractivity contribution in [2.75, 3.05) is 5.32 Å². The Kier molecular flexibility index (Phi) is 4.01. The molecule has 24 heavy (non-hydrogen) atoms. The highest BCUT2D eigenvalue weighted by Gasteiger charge is 2.06. The maximum atomic E-state index is 4.52. The molecule has 0 bridgehead atoms. The van der Waals surface area contributed by atoms with E-state index in [4.69, 9.17) is 0 Å². The van der Waals surface area contributed by atoms with E-state index in [1.54, 1.807) is 11.3 Å². The van der Waals surface area contributed by atoms with E-state index in [1.165, 1.54) is 26.8 Å². The zero-order chi connectivity index (χ0) is 16.4. The van der Waals surface area contributed by atoms with Gasteiger partial charge in [-0.05, 0) is 41.0 Å². The topological polar surface area (TPSA) is 24.9 Å². The van der Waals surface area contributed by atoms with Gasteiger partial charge in [0, 0.05) is 23.2 Å². The molecule has 0 spiro atoms.